The number of piperidine rings is 1. The molecule has 2 heterocycles. The minimum atomic E-state index is -4.77. The second-order valence-corrected chi connectivity index (χ2v) is 9.68. The van der Waals surface area contributed by atoms with E-state index < -0.39 is 59.0 Å². The molecule has 0 aromatic heterocycles. The third-order valence-electron chi connectivity index (χ3n) is 6.80. The summed E-state index contributed by atoms with van der Waals surface area (Å²) < 4.78 is 58.0. The maximum atomic E-state index is 14.0. The molecule has 9 nitrogen and oxygen atoms in total. The van der Waals surface area contributed by atoms with Gasteiger partial charge >= 0.3 is 12.2 Å². The molecule has 0 saturated carbocycles. The molecule has 2 aromatic rings. The molecule has 1 spiro atoms. The van der Waals surface area contributed by atoms with Gasteiger partial charge in [0, 0.05) is 26.2 Å². The van der Waals surface area contributed by atoms with Crippen LogP contribution in [-0.2, 0) is 15.8 Å². The van der Waals surface area contributed by atoms with Crippen molar-refractivity contribution in [2.75, 3.05) is 38.7 Å². The van der Waals surface area contributed by atoms with Gasteiger partial charge in [-0.15, -0.1) is 0 Å². The van der Waals surface area contributed by atoms with Gasteiger partial charge in [-0.1, -0.05) is 26.3 Å². The molecule has 0 aliphatic carbocycles. The van der Waals surface area contributed by atoms with E-state index in [0.717, 1.165) is 4.90 Å². The van der Waals surface area contributed by atoms with Crippen LogP contribution >= 0.6 is 0 Å². The Kier molecular flexibility index (Phi) is 9.61. The number of likely N-dealkylation sites (N-methyl/N-ethyl adjacent to an activating group) is 1. The molecule has 2 saturated heterocycles. The first-order chi connectivity index (χ1) is 19.3. The molecule has 222 valence electrons. The lowest BCUT2D eigenvalue weighted by Crippen LogP contribution is -2.58. The van der Waals surface area contributed by atoms with Crippen LogP contribution in [0.15, 0.2) is 42.5 Å². The predicted octanol–water partition coefficient (Wildman–Crippen LogP) is 4.46. The van der Waals surface area contributed by atoms with Crippen LogP contribution in [0.3, 0.4) is 0 Å². The smallest absolute Gasteiger partial charge is 0.416 e. The minimum Gasteiger partial charge on any atom is -0.497 e. The SMILES string of the molecule is CCC.COc1cccc(N2C(=O)N(C)C(=O)C23CCN(C(=O)CNC(=O)c2cc(C(F)(F)F)ccc2F)CC3)c1. The summed E-state index contributed by atoms with van der Waals surface area (Å²) in [6.45, 7) is 3.80. The molecule has 2 aliphatic heterocycles. The number of halogens is 4. The number of likely N-dealkylation sites (tertiary alicyclic amines) is 1. The van der Waals surface area contributed by atoms with Gasteiger partial charge in [-0.2, -0.15) is 13.2 Å². The number of carbonyl (C=O) groups is 4. The fourth-order valence-corrected chi connectivity index (χ4v) is 4.74. The Morgan fingerprint density at radius 3 is 2.27 bits per heavy atom. The number of benzene rings is 2. The van der Waals surface area contributed by atoms with E-state index in [9.17, 15) is 36.7 Å². The van der Waals surface area contributed by atoms with Gasteiger partial charge in [0.15, 0.2) is 0 Å². The van der Waals surface area contributed by atoms with Gasteiger partial charge in [0.25, 0.3) is 11.8 Å². The number of anilines is 1. The average Bonchev–Trinajstić information content (AvgIpc) is 3.12. The monoisotopic (exact) mass is 580 g/mol. The van der Waals surface area contributed by atoms with E-state index in [4.69, 9.17) is 4.74 Å². The van der Waals surface area contributed by atoms with E-state index in [1.54, 1.807) is 24.3 Å². The van der Waals surface area contributed by atoms with Crippen LogP contribution in [0.1, 0.15) is 49.0 Å². The number of amides is 5. The number of ether oxygens (including phenoxy) is 1. The Morgan fingerprint density at radius 1 is 1.05 bits per heavy atom. The third-order valence-corrected chi connectivity index (χ3v) is 6.80. The number of rotatable bonds is 5. The number of nitrogens with one attached hydrogen (secondary N) is 1. The zero-order valence-electron chi connectivity index (χ0n) is 23.2. The standard InChI is InChI=1S/C25H24F4N4O5.C3H8/c1-31-22(36)24(33(23(31)37)16-4-3-5-17(13-16)38-2)8-10-32(11-9-24)20(34)14-30-21(35)18-12-15(25(27,28)29)6-7-19(18)26;1-3-2/h3-7,12-13H,8-11,14H2,1-2H3,(H,30,35);3H2,1-2H3. The molecule has 5 amide bonds. The van der Waals surface area contributed by atoms with Crippen LogP contribution in [0.2, 0.25) is 0 Å². The maximum Gasteiger partial charge on any atom is 0.416 e. The Labute approximate surface area is 235 Å². The highest BCUT2D eigenvalue weighted by Gasteiger charge is 2.57. The Bertz CT molecular complexity index is 1310. The highest BCUT2D eigenvalue weighted by molar-refractivity contribution is 6.16. The molecule has 1 N–H and O–H groups in total. The second-order valence-electron chi connectivity index (χ2n) is 9.68. The molecule has 0 bridgehead atoms. The summed E-state index contributed by atoms with van der Waals surface area (Å²) in [5.41, 5.74) is -2.79. The molecular weight excluding hydrogens is 548 g/mol. The maximum absolute atomic E-state index is 14.0. The summed E-state index contributed by atoms with van der Waals surface area (Å²) in [5, 5.41) is 2.16. The topological polar surface area (TPSA) is 99.3 Å². The van der Waals surface area contributed by atoms with Crippen molar-refractivity contribution >= 4 is 29.4 Å². The lowest BCUT2D eigenvalue weighted by Gasteiger charge is -2.42. The van der Waals surface area contributed by atoms with Gasteiger partial charge in [-0.3, -0.25) is 24.2 Å². The Balaban J connectivity index is 0.00000147. The van der Waals surface area contributed by atoms with E-state index in [1.807, 2.05) is 0 Å². The zero-order valence-corrected chi connectivity index (χ0v) is 23.2. The summed E-state index contributed by atoms with van der Waals surface area (Å²) >= 11 is 0. The van der Waals surface area contributed by atoms with Crippen molar-refractivity contribution in [3.05, 3.63) is 59.4 Å². The fraction of sp³-hybridized carbons (Fsp3) is 0.429. The van der Waals surface area contributed by atoms with Crippen molar-refractivity contribution in [3.8, 4) is 5.75 Å². The molecule has 4 rings (SSSR count). The largest absolute Gasteiger partial charge is 0.497 e. The molecule has 0 unspecified atom stereocenters. The van der Waals surface area contributed by atoms with Crippen LogP contribution < -0.4 is 15.0 Å². The Hall–Kier alpha value is -4.16. The number of urea groups is 1. The van der Waals surface area contributed by atoms with Crippen molar-refractivity contribution in [1.29, 1.82) is 0 Å². The van der Waals surface area contributed by atoms with E-state index >= 15 is 0 Å². The zero-order chi connectivity index (χ0) is 30.5. The van der Waals surface area contributed by atoms with Crippen LogP contribution in [0.5, 0.6) is 5.75 Å². The first-order valence-corrected chi connectivity index (χ1v) is 13.0. The molecule has 0 atom stereocenters. The number of methoxy groups -OCH3 is 1. The highest BCUT2D eigenvalue weighted by Crippen LogP contribution is 2.41. The summed E-state index contributed by atoms with van der Waals surface area (Å²) in [4.78, 5) is 55.0. The van der Waals surface area contributed by atoms with Crippen molar-refractivity contribution in [2.24, 2.45) is 0 Å². The first kappa shape index (κ1) is 31.4. The van der Waals surface area contributed by atoms with Gasteiger partial charge in [0.2, 0.25) is 5.91 Å². The number of hydrogen-bond acceptors (Lipinski definition) is 5. The molecule has 41 heavy (non-hydrogen) atoms. The van der Waals surface area contributed by atoms with E-state index in [-0.39, 0.29) is 25.9 Å². The van der Waals surface area contributed by atoms with Gasteiger partial charge in [-0.05, 0) is 43.2 Å². The lowest BCUT2D eigenvalue weighted by atomic mass is 9.85. The molecular formula is C28H32F4N4O5. The second kappa shape index (κ2) is 12.6. The molecule has 2 aromatic carbocycles. The van der Waals surface area contributed by atoms with Crippen LogP contribution in [-0.4, -0.2) is 72.9 Å². The van der Waals surface area contributed by atoms with Gasteiger partial charge in [0.1, 0.15) is 17.1 Å². The number of carbonyl (C=O) groups excluding carboxylic acids is 4. The number of hydrogen-bond donors (Lipinski definition) is 1. The van der Waals surface area contributed by atoms with Gasteiger partial charge in [-0.25, -0.2) is 9.18 Å². The van der Waals surface area contributed by atoms with E-state index in [2.05, 4.69) is 19.2 Å². The van der Waals surface area contributed by atoms with Gasteiger partial charge < -0.3 is 15.0 Å². The molecule has 2 aliphatic rings. The predicted molar refractivity (Wildman–Crippen MR) is 142 cm³/mol. The average molecular weight is 581 g/mol. The molecule has 0 radical (unpaired) electrons. The van der Waals surface area contributed by atoms with Gasteiger partial charge in [0.05, 0.1) is 30.5 Å². The van der Waals surface area contributed by atoms with E-state index in [0.29, 0.717) is 29.6 Å². The summed E-state index contributed by atoms with van der Waals surface area (Å²) in [5.74, 6) is -2.82. The third kappa shape index (κ3) is 6.44. The Morgan fingerprint density at radius 2 is 1.68 bits per heavy atom. The van der Waals surface area contributed by atoms with Crippen LogP contribution in [0.4, 0.5) is 28.0 Å². The normalized spacial score (nSPS) is 16.4. The molecule has 2 fully saturated rings. The van der Waals surface area contributed by atoms with Crippen molar-refractivity contribution in [2.45, 2.75) is 44.8 Å². The van der Waals surface area contributed by atoms with E-state index in [1.165, 1.54) is 30.4 Å². The van der Waals surface area contributed by atoms with Crippen molar-refractivity contribution in [1.82, 2.24) is 15.1 Å². The number of nitrogens with zero attached hydrogens (tertiary/aromatic N) is 3. The van der Waals surface area contributed by atoms with Crippen LogP contribution in [0.25, 0.3) is 0 Å². The van der Waals surface area contributed by atoms with Crippen LogP contribution in [0, 0.1) is 5.82 Å². The summed E-state index contributed by atoms with van der Waals surface area (Å²) in [6, 6.07) is 7.61. The van der Waals surface area contributed by atoms with Crippen molar-refractivity contribution < 1.29 is 41.5 Å². The lowest BCUT2D eigenvalue weighted by molar-refractivity contribution is -0.137. The fourth-order valence-electron chi connectivity index (χ4n) is 4.74. The quantitative estimate of drug-likeness (QED) is 0.416. The summed E-state index contributed by atoms with van der Waals surface area (Å²) in [6.07, 6.45) is -3.30. The first-order valence-electron chi connectivity index (χ1n) is 13.0. The number of alkyl halides is 3. The number of imide groups is 1. The minimum absolute atomic E-state index is 0.0694. The highest BCUT2D eigenvalue weighted by atomic mass is 19.4. The molecule has 13 heteroatoms. The van der Waals surface area contributed by atoms with Crippen molar-refractivity contribution in [3.63, 3.8) is 0 Å². The summed E-state index contributed by atoms with van der Waals surface area (Å²) in [7, 11) is 2.86.